The molecule has 0 heterocycles. The van der Waals surface area contributed by atoms with E-state index in [1.165, 1.54) is 32.1 Å². The van der Waals surface area contributed by atoms with Crippen molar-refractivity contribution in [2.45, 2.75) is 99.5 Å². The zero-order chi connectivity index (χ0) is 21.8. The van der Waals surface area contributed by atoms with Gasteiger partial charge in [-0.3, -0.25) is 4.79 Å². The first-order valence-corrected chi connectivity index (χ1v) is 11.5. The number of esters is 2. The number of hydrogen-bond acceptors (Lipinski definition) is 4. The maximum absolute atomic E-state index is 13.1. The molecular weight excluding hydrogens is 364 g/mol. The molecule has 0 spiro atoms. The van der Waals surface area contributed by atoms with Crippen molar-refractivity contribution in [1.82, 2.24) is 0 Å². The van der Waals surface area contributed by atoms with Crippen LogP contribution in [0.5, 0.6) is 0 Å². The number of hydrogen-bond donors (Lipinski definition) is 0. The fourth-order valence-electron chi connectivity index (χ4n) is 6.55. The molecule has 0 saturated heterocycles. The van der Waals surface area contributed by atoms with Gasteiger partial charge < -0.3 is 9.47 Å². The maximum Gasteiger partial charge on any atom is 0.344 e. The van der Waals surface area contributed by atoms with E-state index in [9.17, 15) is 9.59 Å². The molecule has 0 N–H and O–H groups in total. The van der Waals surface area contributed by atoms with Crippen molar-refractivity contribution < 1.29 is 19.1 Å². The first kappa shape index (κ1) is 22.6. The number of rotatable bonds is 5. The highest BCUT2D eigenvalue weighted by Gasteiger charge is 2.57. The van der Waals surface area contributed by atoms with Gasteiger partial charge in [0.05, 0.1) is 5.41 Å². The smallest absolute Gasteiger partial charge is 0.344 e. The number of carbonyl (C=O) groups excluding carboxylic acids is 2. The van der Waals surface area contributed by atoms with E-state index in [1.54, 1.807) is 0 Å². The zero-order valence-electron chi connectivity index (χ0n) is 19.9. The lowest BCUT2D eigenvalue weighted by Crippen LogP contribution is -2.58. The van der Waals surface area contributed by atoms with E-state index in [-0.39, 0.29) is 35.0 Å². The highest BCUT2D eigenvalue weighted by Crippen LogP contribution is 2.59. The van der Waals surface area contributed by atoms with E-state index in [4.69, 9.17) is 9.47 Å². The van der Waals surface area contributed by atoms with Gasteiger partial charge >= 0.3 is 11.9 Å². The Morgan fingerprint density at radius 2 is 1.34 bits per heavy atom. The molecule has 0 aromatic carbocycles. The number of carbonyl (C=O) groups is 2. The molecular formula is C25H42O4. The molecule has 4 saturated carbocycles. The SMILES string of the molecule is CC(C)(C)CC(C)(C(=O)OCC(=O)OC1(C)C2CC3CC(C2)CC1C3)C(C)(C)C. The van der Waals surface area contributed by atoms with Gasteiger partial charge in [-0.05, 0) is 86.9 Å². The average molecular weight is 407 g/mol. The van der Waals surface area contributed by atoms with E-state index in [2.05, 4.69) is 48.5 Å². The summed E-state index contributed by atoms with van der Waals surface area (Å²) >= 11 is 0. The molecule has 4 aliphatic rings. The van der Waals surface area contributed by atoms with Crippen molar-refractivity contribution in [3.63, 3.8) is 0 Å². The van der Waals surface area contributed by atoms with Crippen LogP contribution in [-0.2, 0) is 19.1 Å². The molecule has 166 valence electrons. The van der Waals surface area contributed by atoms with Crippen LogP contribution < -0.4 is 0 Å². The van der Waals surface area contributed by atoms with Gasteiger partial charge in [0.25, 0.3) is 0 Å². The van der Waals surface area contributed by atoms with Crippen LogP contribution in [0.3, 0.4) is 0 Å². The normalized spacial score (nSPS) is 35.9. The summed E-state index contributed by atoms with van der Waals surface area (Å²) in [5.74, 6) is 1.91. The topological polar surface area (TPSA) is 52.6 Å². The second-order valence-electron chi connectivity index (χ2n) is 12.9. The minimum Gasteiger partial charge on any atom is -0.456 e. The maximum atomic E-state index is 13.1. The summed E-state index contributed by atoms with van der Waals surface area (Å²) in [6.45, 7) is 16.4. The first-order chi connectivity index (χ1) is 13.1. The minimum atomic E-state index is -0.669. The van der Waals surface area contributed by atoms with Gasteiger partial charge in [0, 0.05) is 0 Å². The van der Waals surface area contributed by atoms with E-state index < -0.39 is 5.41 Å². The van der Waals surface area contributed by atoms with Crippen molar-refractivity contribution in [3.05, 3.63) is 0 Å². The monoisotopic (exact) mass is 406 g/mol. The molecule has 4 heteroatoms. The second-order valence-corrected chi connectivity index (χ2v) is 12.9. The van der Waals surface area contributed by atoms with Gasteiger partial charge in [0.15, 0.2) is 6.61 Å². The molecule has 0 aromatic rings. The van der Waals surface area contributed by atoms with Gasteiger partial charge in [0.2, 0.25) is 0 Å². The van der Waals surface area contributed by atoms with Crippen LogP contribution in [0.25, 0.3) is 0 Å². The fraction of sp³-hybridized carbons (Fsp3) is 0.920. The summed E-state index contributed by atoms with van der Waals surface area (Å²) in [5, 5.41) is 0. The van der Waals surface area contributed by atoms with Crippen LogP contribution in [-0.4, -0.2) is 24.1 Å². The molecule has 0 aromatic heterocycles. The molecule has 1 atom stereocenters. The Kier molecular flexibility index (Phi) is 5.67. The molecule has 4 rings (SSSR count). The van der Waals surface area contributed by atoms with Crippen molar-refractivity contribution >= 4 is 11.9 Å². The summed E-state index contributed by atoms with van der Waals surface area (Å²) in [7, 11) is 0. The highest BCUT2D eigenvalue weighted by molar-refractivity contribution is 5.81. The second kappa shape index (κ2) is 7.27. The van der Waals surface area contributed by atoms with Gasteiger partial charge in [0.1, 0.15) is 5.60 Å². The molecule has 4 nitrogen and oxygen atoms in total. The Morgan fingerprint density at radius 3 is 1.76 bits per heavy atom. The van der Waals surface area contributed by atoms with Gasteiger partial charge in [-0.1, -0.05) is 41.5 Å². The Hall–Kier alpha value is -1.06. The molecule has 0 amide bonds. The molecule has 4 fully saturated rings. The van der Waals surface area contributed by atoms with E-state index in [0.717, 1.165) is 11.8 Å². The molecule has 4 bridgehead atoms. The van der Waals surface area contributed by atoms with Crippen LogP contribution in [0.15, 0.2) is 0 Å². The minimum absolute atomic E-state index is 0.0184. The number of ether oxygens (including phenoxy) is 2. The summed E-state index contributed by atoms with van der Waals surface area (Å²) in [5.41, 5.74) is -1.34. The van der Waals surface area contributed by atoms with Crippen LogP contribution in [0.2, 0.25) is 0 Å². The summed E-state index contributed by atoms with van der Waals surface area (Å²) < 4.78 is 11.6. The van der Waals surface area contributed by atoms with E-state index in [0.29, 0.717) is 18.3 Å². The lowest BCUT2D eigenvalue weighted by atomic mass is 9.50. The third kappa shape index (κ3) is 4.37. The predicted molar refractivity (Wildman–Crippen MR) is 114 cm³/mol. The Labute approximate surface area is 177 Å². The lowest BCUT2D eigenvalue weighted by molar-refractivity contribution is -0.208. The predicted octanol–water partition coefficient (Wildman–Crippen LogP) is 5.78. The molecule has 0 radical (unpaired) electrons. The van der Waals surface area contributed by atoms with Gasteiger partial charge in [-0.15, -0.1) is 0 Å². The van der Waals surface area contributed by atoms with Crippen molar-refractivity contribution in [2.75, 3.05) is 6.61 Å². The molecule has 29 heavy (non-hydrogen) atoms. The molecule has 4 aliphatic carbocycles. The van der Waals surface area contributed by atoms with Crippen LogP contribution in [0.4, 0.5) is 0 Å². The third-order valence-corrected chi connectivity index (χ3v) is 8.40. The van der Waals surface area contributed by atoms with Crippen molar-refractivity contribution in [1.29, 1.82) is 0 Å². The summed E-state index contributed by atoms with van der Waals surface area (Å²) in [6.07, 6.45) is 6.80. The Bertz CT molecular complexity index is 623. The average Bonchev–Trinajstić information content (AvgIpc) is 2.54. The Morgan fingerprint density at radius 1 is 0.862 bits per heavy atom. The Balaban J connectivity index is 1.62. The van der Waals surface area contributed by atoms with E-state index in [1.807, 2.05) is 6.92 Å². The van der Waals surface area contributed by atoms with E-state index >= 15 is 0 Å². The van der Waals surface area contributed by atoms with Crippen LogP contribution in [0, 0.1) is 39.9 Å². The summed E-state index contributed by atoms with van der Waals surface area (Å²) in [4.78, 5) is 25.8. The van der Waals surface area contributed by atoms with Gasteiger partial charge in [-0.2, -0.15) is 0 Å². The van der Waals surface area contributed by atoms with Crippen molar-refractivity contribution in [2.24, 2.45) is 39.9 Å². The largest absolute Gasteiger partial charge is 0.456 e. The quantitative estimate of drug-likeness (QED) is 0.543. The van der Waals surface area contributed by atoms with Crippen molar-refractivity contribution in [3.8, 4) is 0 Å². The standard InChI is InChI=1S/C25H42O4/c1-22(2,3)15-24(7,23(4,5)6)21(27)28-14-20(26)29-25(8)18-10-16-9-17(12-18)13-19(25)11-16/h16-19H,9-15H2,1-8H3. The highest BCUT2D eigenvalue weighted by atomic mass is 16.6. The molecule has 0 aliphatic heterocycles. The third-order valence-electron chi connectivity index (χ3n) is 8.40. The molecule has 1 unspecified atom stereocenters. The lowest BCUT2D eigenvalue weighted by Gasteiger charge is -2.59. The first-order valence-electron chi connectivity index (χ1n) is 11.5. The van der Waals surface area contributed by atoms with Crippen LogP contribution >= 0.6 is 0 Å². The fourth-order valence-corrected chi connectivity index (χ4v) is 6.55. The zero-order valence-corrected chi connectivity index (χ0v) is 19.9. The van der Waals surface area contributed by atoms with Gasteiger partial charge in [-0.25, -0.2) is 4.79 Å². The summed E-state index contributed by atoms with van der Waals surface area (Å²) in [6, 6.07) is 0. The van der Waals surface area contributed by atoms with Crippen LogP contribution in [0.1, 0.15) is 93.9 Å².